The number of pyridine rings is 1. The molecule has 2 amide bonds. The van der Waals surface area contributed by atoms with E-state index in [-0.39, 0.29) is 17.7 Å². The van der Waals surface area contributed by atoms with Crippen LogP contribution in [0.25, 0.3) is 0 Å². The fourth-order valence-electron chi connectivity index (χ4n) is 4.87. The molecule has 2 aromatic rings. The lowest BCUT2D eigenvalue weighted by Crippen LogP contribution is -2.47. The summed E-state index contributed by atoms with van der Waals surface area (Å²) in [6.07, 6.45) is 5.30. The molecule has 0 aromatic carbocycles. The summed E-state index contributed by atoms with van der Waals surface area (Å²) in [5.41, 5.74) is 1.17. The van der Waals surface area contributed by atoms with E-state index in [4.69, 9.17) is 0 Å². The summed E-state index contributed by atoms with van der Waals surface area (Å²) in [5, 5.41) is 4.22. The van der Waals surface area contributed by atoms with Gasteiger partial charge in [-0.25, -0.2) is 0 Å². The van der Waals surface area contributed by atoms with Crippen LogP contribution in [0.15, 0.2) is 36.8 Å². The lowest BCUT2D eigenvalue weighted by molar-refractivity contribution is -0.139. The van der Waals surface area contributed by atoms with E-state index in [1.165, 1.54) is 0 Å². The van der Waals surface area contributed by atoms with Crippen molar-refractivity contribution in [2.45, 2.75) is 20.0 Å². The highest BCUT2D eigenvalue weighted by Gasteiger charge is 2.58. The van der Waals surface area contributed by atoms with Crippen LogP contribution in [0.3, 0.4) is 0 Å². The van der Waals surface area contributed by atoms with Gasteiger partial charge in [-0.1, -0.05) is 6.07 Å². The number of rotatable bonds is 5. The highest BCUT2D eigenvalue weighted by Crippen LogP contribution is 2.44. The van der Waals surface area contributed by atoms with Crippen LogP contribution in [-0.4, -0.2) is 81.6 Å². The summed E-state index contributed by atoms with van der Waals surface area (Å²) in [4.78, 5) is 36.4. The molecule has 2 atom stereocenters. The first-order valence-electron chi connectivity index (χ1n) is 10.1. The van der Waals surface area contributed by atoms with Crippen LogP contribution in [0.4, 0.5) is 0 Å². The Balaban J connectivity index is 1.56. The van der Waals surface area contributed by atoms with Crippen LogP contribution in [-0.2, 0) is 17.9 Å². The number of fused-ring (bicyclic) bond motifs is 1. The van der Waals surface area contributed by atoms with Gasteiger partial charge in [-0.2, -0.15) is 5.10 Å². The van der Waals surface area contributed by atoms with Crippen molar-refractivity contribution in [1.82, 2.24) is 29.5 Å². The van der Waals surface area contributed by atoms with Gasteiger partial charge in [0.15, 0.2) is 0 Å². The standard InChI is InChI=1S/C21H28N6O2/c1-4-27-18(7-9-23-27)19(28)26-13-17-12-25(11-16-6-5-8-22-10-16)14-21(17,15-26)20(29)24(2)3/h5-10,17H,4,11-15H2,1-3H3. The van der Waals surface area contributed by atoms with E-state index in [0.29, 0.717) is 31.9 Å². The summed E-state index contributed by atoms with van der Waals surface area (Å²) < 4.78 is 1.71. The zero-order valence-corrected chi connectivity index (χ0v) is 17.3. The molecule has 2 saturated heterocycles. The Morgan fingerprint density at radius 2 is 2.03 bits per heavy atom. The first kappa shape index (κ1) is 19.6. The number of aromatic nitrogens is 3. The number of nitrogens with zero attached hydrogens (tertiary/aromatic N) is 6. The molecule has 4 heterocycles. The number of likely N-dealkylation sites (tertiary alicyclic amines) is 2. The Hall–Kier alpha value is -2.74. The van der Waals surface area contributed by atoms with E-state index in [9.17, 15) is 9.59 Å². The minimum atomic E-state index is -0.557. The van der Waals surface area contributed by atoms with Crippen molar-refractivity contribution in [3.63, 3.8) is 0 Å². The fraction of sp³-hybridized carbons (Fsp3) is 0.524. The van der Waals surface area contributed by atoms with E-state index in [0.717, 1.165) is 18.7 Å². The molecular weight excluding hydrogens is 368 g/mol. The van der Waals surface area contributed by atoms with E-state index in [2.05, 4.69) is 21.0 Å². The zero-order valence-electron chi connectivity index (χ0n) is 17.3. The Labute approximate surface area is 171 Å². The SMILES string of the molecule is CCn1nccc1C(=O)N1CC2CN(Cc3cccnc3)CC2(C(=O)N(C)C)C1. The monoisotopic (exact) mass is 396 g/mol. The molecule has 0 N–H and O–H groups in total. The van der Waals surface area contributed by atoms with Gasteiger partial charge in [0.25, 0.3) is 5.91 Å². The maximum absolute atomic E-state index is 13.3. The Kier molecular flexibility index (Phi) is 5.12. The number of aryl methyl sites for hydroxylation is 1. The first-order valence-corrected chi connectivity index (χ1v) is 10.1. The summed E-state index contributed by atoms with van der Waals surface area (Å²) in [6.45, 7) is 5.87. The van der Waals surface area contributed by atoms with Crippen LogP contribution in [0.1, 0.15) is 23.0 Å². The van der Waals surface area contributed by atoms with Gasteiger partial charge >= 0.3 is 0 Å². The van der Waals surface area contributed by atoms with Gasteiger partial charge < -0.3 is 9.80 Å². The topological polar surface area (TPSA) is 74.6 Å². The van der Waals surface area contributed by atoms with E-state index >= 15 is 0 Å². The second kappa shape index (κ2) is 7.59. The van der Waals surface area contributed by atoms with Gasteiger partial charge in [0, 0.05) is 77.9 Å². The van der Waals surface area contributed by atoms with Crippen molar-refractivity contribution in [3.05, 3.63) is 48.0 Å². The first-order chi connectivity index (χ1) is 13.9. The van der Waals surface area contributed by atoms with Gasteiger partial charge in [-0.15, -0.1) is 0 Å². The molecule has 2 unspecified atom stereocenters. The lowest BCUT2D eigenvalue weighted by atomic mass is 9.80. The third kappa shape index (κ3) is 3.42. The smallest absolute Gasteiger partial charge is 0.272 e. The maximum atomic E-state index is 13.3. The van der Waals surface area contributed by atoms with Gasteiger partial charge in [-0.3, -0.25) is 24.2 Å². The molecule has 0 spiro atoms. The van der Waals surface area contributed by atoms with Crippen LogP contribution < -0.4 is 0 Å². The van der Waals surface area contributed by atoms with Gasteiger partial charge in [0.2, 0.25) is 5.91 Å². The molecule has 0 aliphatic carbocycles. The molecule has 0 bridgehead atoms. The van der Waals surface area contributed by atoms with E-state index in [1.807, 2.05) is 24.1 Å². The van der Waals surface area contributed by atoms with Crippen molar-refractivity contribution in [3.8, 4) is 0 Å². The van der Waals surface area contributed by atoms with E-state index in [1.54, 1.807) is 42.1 Å². The van der Waals surface area contributed by atoms with Crippen LogP contribution >= 0.6 is 0 Å². The number of hydrogen-bond acceptors (Lipinski definition) is 5. The molecule has 2 aliphatic rings. The Bertz CT molecular complexity index is 896. The molecule has 4 rings (SSSR count). The third-order valence-electron chi connectivity index (χ3n) is 6.16. The normalized spacial score (nSPS) is 24.0. The van der Waals surface area contributed by atoms with Gasteiger partial charge in [0.05, 0.1) is 5.41 Å². The average molecular weight is 396 g/mol. The molecule has 2 fully saturated rings. The fourth-order valence-corrected chi connectivity index (χ4v) is 4.87. The highest BCUT2D eigenvalue weighted by atomic mass is 16.2. The molecule has 29 heavy (non-hydrogen) atoms. The molecule has 2 aliphatic heterocycles. The highest BCUT2D eigenvalue weighted by molar-refractivity contribution is 5.94. The third-order valence-corrected chi connectivity index (χ3v) is 6.16. The summed E-state index contributed by atoms with van der Waals surface area (Å²) in [7, 11) is 3.60. The molecular formula is C21H28N6O2. The number of carbonyl (C=O) groups is 2. The largest absolute Gasteiger partial charge is 0.348 e. The average Bonchev–Trinajstić information content (AvgIpc) is 3.40. The summed E-state index contributed by atoms with van der Waals surface area (Å²) >= 11 is 0. The molecule has 8 heteroatoms. The second-order valence-electron chi connectivity index (χ2n) is 8.30. The predicted molar refractivity (Wildman–Crippen MR) is 108 cm³/mol. The Morgan fingerprint density at radius 3 is 2.72 bits per heavy atom. The van der Waals surface area contributed by atoms with Crippen molar-refractivity contribution in [1.29, 1.82) is 0 Å². The number of carbonyl (C=O) groups excluding carboxylic acids is 2. The minimum absolute atomic E-state index is 0.0384. The van der Waals surface area contributed by atoms with Crippen LogP contribution in [0.2, 0.25) is 0 Å². The number of amides is 2. The summed E-state index contributed by atoms with van der Waals surface area (Å²) in [5.74, 6) is 0.190. The molecule has 154 valence electrons. The van der Waals surface area contributed by atoms with Crippen LogP contribution in [0, 0.1) is 11.3 Å². The molecule has 2 aromatic heterocycles. The van der Waals surface area contributed by atoms with Crippen molar-refractivity contribution in [2.75, 3.05) is 40.3 Å². The number of hydrogen-bond donors (Lipinski definition) is 0. The molecule has 8 nitrogen and oxygen atoms in total. The van der Waals surface area contributed by atoms with Crippen molar-refractivity contribution >= 4 is 11.8 Å². The van der Waals surface area contributed by atoms with Crippen molar-refractivity contribution in [2.24, 2.45) is 11.3 Å². The van der Waals surface area contributed by atoms with Gasteiger partial charge in [0.1, 0.15) is 5.69 Å². The predicted octanol–water partition coefficient (Wildman–Crippen LogP) is 0.960. The Morgan fingerprint density at radius 1 is 1.21 bits per heavy atom. The lowest BCUT2D eigenvalue weighted by Gasteiger charge is -2.31. The minimum Gasteiger partial charge on any atom is -0.348 e. The van der Waals surface area contributed by atoms with Crippen molar-refractivity contribution < 1.29 is 9.59 Å². The zero-order chi connectivity index (χ0) is 20.6. The molecule has 0 radical (unpaired) electrons. The van der Waals surface area contributed by atoms with Crippen LogP contribution in [0.5, 0.6) is 0 Å². The maximum Gasteiger partial charge on any atom is 0.272 e. The second-order valence-corrected chi connectivity index (χ2v) is 8.30. The quantitative estimate of drug-likeness (QED) is 0.753. The summed E-state index contributed by atoms with van der Waals surface area (Å²) in [6, 6.07) is 5.75. The molecule has 0 saturated carbocycles. The van der Waals surface area contributed by atoms with E-state index < -0.39 is 5.41 Å². The van der Waals surface area contributed by atoms with Gasteiger partial charge in [-0.05, 0) is 24.6 Å².